The first-order valence-corrected chi connectivity index (χ1v) is 21.9. The van der Waals surface area contributed by atoms with E-state index in [1.807, 2.05) is 12.1 Å². The van der Waals surface area contributed by atoms with E-state index in [0.717, 1.165) is 61.5 Å². The second kappa shape index (κ2) is 15.2. The Balaban J connectivity index is 1.15. The number of fused-ring (bicyclic) bond motifs is 6. The highest BCUT2D eigenvalue weighted by molar-refractivity contribution is 6.12. The van der Waals surface area contributed by atoms with Crippen molar-refractivity contribution in [2.45, 2.75) is 13.8 Å². The van der Waals surface area contributed by atoms with Gasteiger partial charge >= 0.3 is 0 Å². The normalized spacial score (nSPS) is 11.6. The molecule has 0 bridgehead atoms. The molecule has 0 saturated carbocycles. The molecule has 0 fully saturated rings. The van der Waals surface area contributed by atoms with Gasteiger partial charge in [-0.25, -0.2) is 9.97 Å². The molecule has 0 radical (unpaired) electrons. The van der Waals surface area contributed by atoms with Crippen LogP contribution in [-0.4, -0.2) is 19.1 Å². The van der Waals surface area contributed by atoms with E-state index in [2.05, 4.69) is 229 Å². The third-order valence-electron chi connectivity index (χ3n) is 12.8. The van der Waals surface area contributed by atoms with Crippen molar-refractivity contribution in [1.82, 2.24) is 19.1 Å². The molecule has 4 nitrogen and oxygen atoms in total. The van der Waals surface area contributed by atoms with E-state index in [9.17, 15) is 0 Å². The Morgan fingerprint density at radius 1 is 0.297 bits per heavy atom. The van der Waals surface area contributed by atoms with Crippen LogP contribution in [0.5, 0.6) is 0 Å². The SMILES string of the molecule is Cc1ccccc1-c1ccc2c(c1)c1ccccc1n2-c1cc(-c2nc(-c3ccccc3)cc(-c3ccccc3)n2)cc(-n2c3ccccc3c3cc(-c4ccccc4C)ccc32)c1. The molecule has 3 aromatic heterocycles. The third kappa shape index (κ3) is 6.30. The number of rotatable bonds is 7. The fourth-order valence-corrected chi connectivity index (χ4v) is 9.70. The van der Waals surface area contributed by atoms with E-state index < -0.39 is 0 Å². The molecule has 0 amide bonds. The van der Waals surface area contributed by atoms with E-state index >= 15 is 0 Å². The molecule has 64 heavy (non-hydrogen) atoms. The van der Waals surface area contributed by atoms with Gasteiger partial charge in [-0.05, 0) is 108 Å². The highest BCUT2D eigenvalue weighted by atomic mass is 15.0. The number of nitrogens with zero attached hydrogens (tertiary/aromatic N) is 4. The minimum absolute atomic E-state index is 0.661. The molecule has 0 unspecified atom stereocenters. The van der Waals surface area contributed by atoms with Crippen molar-refractivity contribution in [2.75, 3.05) is 0 Å². The Kier molecular flexibility index (Phi) is 8.91. The Morgan fingerprint density at radius 3 is 1.17 bits per heavy atom. The zero-order valence-corrected chi connectivity index (χ0v) is 35.6. The van der Waals surface area contributed by atoms with Crippen molar-refractivity contribution in [1.29, 1.82) is 0 Å². The molecular formula is C60H42N4. The van der Waals surface area contributed by atoms with Crippen molar-refractivity contribution in [3.05, 3.63) is 230 Å². The fraction of sp³-hybridized carbons (Fsp3) is 0.0333. The van der Waals surface area contributed by atoms with Crippen LogP contribution in [0.3, 0.4) is 0 Å². The zero-order valence-electron chi connectivity index (χ0n) is 35.6. The van der Waals surface area contributed by atoms with Crippen molar-refractivity contribution >= 4 is 43.6 Å². The van der Waals surface area contributed by atoms with Gasteiger partial charge in [0, 0.05) is 49.6 Å². The van der Waals surface area contributed by atoms with Gasteiger partial charge in [-0.2, -0.15) is 0 Å². The van der Waals surface area contributed by atoms with Gasteiger partial charge in [0.25, 0.3) is 0 Å². The van der Waals surface area contributed by atoms with Crippen LogP contribution in [0.15, 0.2) is 218 Å². The molecule has 12 aromatic rings. The van der Waals surface area contributed by atoms with Gasteiger partial charge in [-0.3, -0.25) is 0 Å². The van der Waals surface area contributed by atoms with Gasteiger partial charge in [0.15, 0.2) is 5.82 Å². The summed E-state index contributed by atoms with van der Waals surface area (Å²) in [6.45, 7) is 4.37. The number of hydrogen-bond donors (Lipinski definition) is 0. The van der Waals surface area contributed by atoms with Crippen LogP contribution in [0.25, 0.3) is 111 Å². The Hall–Kier alpha value is -8.34. The maximum absolute atomic E-state index is 5.37. The molecule has 0 saturated heterocycles. The summed E-state index contributed by atoms with van der Waals surface area (Å²) >= 11 is 0. The summed E-state index contributed by atoms with van der Waals surface area (Å²) in [6, 6.07) is 78.5. The number of aromatic nitrogens is 4. The molecule has 0 spiro atoms. The smallest absolute Gasteiger partial charge is 0.160 e. The summed E-state index contributed by atoms with van der Waals surface area (Å²) in [7, 11) is 0. The summed E-state index contributed by atoms with van der Waals surface area (Å²) in [5, 5.41) is 4.82. The number of benzene rings is 9. The number of hydrogen-bond acceptors (Lipinski definition) is 2. The van der Waals surface area contributed by atoms with Crippen LogP contribution in [0.2, 0.25) is 0 Å². The van der Waals surface area contributed by atoms with E-state index in [1.165, 1.54) is 54.9 Å². The van der Waals surface area contributed by atoms with Gasteiger partial charge in [0.05, 0.1) is 33.5 Å². The minimum atomic E-state index is 0.661. The first-order valence-electron chi connectivity index (χ1n) is 21.9. The largest absolute Gasteiger partial charge is 0.309 e. The second-order valence-corrected chi connectivity index (χ2v) is 16.7. The van der Waals surface area contributed by atoms with Crippen LogP contribution >= 0.6 is 0 Å². The molecule has 0 aliphatic carbocycles. The van der Waals surface area contributed by atoms with Crippen molar-refractivity contribution < 1.29 is 0 Å². The van der Waals surface area contributed by atoms with E-state index in [0.29, 0.717) is 5.82 Å². The molecule has 3 heterocycles. The zero-order chi connectivity index (χ0) is 42.7. The lowest BCUT2D eigenvalue weighted by molar-refractivity contribution is 1.12. The third-order valence-corrected chi connectivity index (χ3v) is 12.8. The predicted molar refractivity (Wildman–Crippen MR) is 267 cm³/mol. The van der Waals surface area contributed by atoms with E-state index in [-0.39, 0.29) is 0 Å². The van der Waals surface area contributed by atoms with Gasteiger partial charge in [0.1, 0.15) is 0 Å². The quantitative estimate of drug-likeness (QED) is 0.161. The predicted octanol–water partition coefficient (Wildman–Crippen LogP) is 15.6. The lowest BCUT2D eigenvalue weighted by Crippen LogP contribution is -2.02. The molecule has 12 rings (SSSR count). The van der Waals surface area contributed by atoms with Gasteiger partial charge < -0.3 is 9.13 Å². The van der Waals surface area contributed by atoms with Crippen LogP contribution in [0.4, 0.5) is 0 Å². The Bertz CT molecular complexity index is 3510. The van der Waals surface area contributed by atoms with E-state index in [4.69, 9.17) is 9.97 Å². The second-order valence-electron chi connectivity index (χ2n) is 16.7. The van der Waals surface area contributed by atoms with E-state index in [1.54, 1.807) is 0 Å². The maximum Gasteiger partial charge on any atom is 0.160 e. The molecule has 4 heteroatoms. The molecule has 0 atom stereocenters. The van der Waals surface area contributed by atoms with Crippen LogP contribution in [-0.2, 0) is 0 Å². The number of para-hydroxylation sites is 2. The minimum Gasteiger partial charge on any atom is -0.309 e. The molecule has 302 valence electrons. The monoisotopic (exact) mass is 818 g/mol. The van der Waals surface area contributed by atoms with Gasteiger partial charge in [-0.15, -0.1) is 0 Å². The Morgan fingerprint density at radius 2 is 0.703 bits per heavy atom. The van der Waals surface area contributed by atoms with Crippen LogP contribution < -0.4 is 0 Å². The lowest BCUT2D eigenvalue weighted by Gasteiger charge is -2.16. The average Bonchev–Trinajstić information content (AvgIpc) is 3.87. The summed E-state index contributed by atoms with van der Waals surface area (Å²) in [4.78, 5) is 10.7. The first kappa shape index (κ1) is 37.4. The standard InChI is InChI=1S/C60H42N4/c1-39-17-9-11-23-48(39)43-29-31-58-52(35-43)50-25-13-15-27-56(50)63(58)46-33-45(60-61-54(41-19-5-3-6-20-41)38-55(62-60)42-21-7-4-8-22-42)34-47(37-46)64-57-28-16-14-26-51(57)53-36-44(30-32-59(53)64)49-24-12-10-18-40(49)2/h3-38H,1-2H3. The molecule has 0 aliphatic heterocycles. The van der Waals surface area contributed by atoms with Gasteiger partial charge in [-0.1, -0.05) is 158 Å². The summed E-state index contributed by atoms with van der Waals surface area (Å²) in [5.41, 5.74) is 18.8. The Labute approximate surface area is 372 Å². The highest BCUT2D eigenvalue weighted by Crippen LogP contribution is 2.40. The summed E-state index contributed by atoms with van der Waals surface area (Å²) in [5.74, 6) is 0.661. The summed E-state index contributed by atoms with van der Waals surface area (Å²) in [6.07, 6.45) is 0. The van der Waals surface area contributed by atoms with Crippen LogP contribution in [0, 0.1) is 13.8 Å². The van der Waals surface area contributed by atoms with Crippen molar-refractivity contribution in [3.63, 3.8) is 0 Å². The molecule has 0 N–H and O–H groups in total. The van der Waals surface area contributed by atoms with Gasteiger partial charge in [0.2, 0.25) is 0 Å². The average molecular weight is 819 g/mol. The number of aryl methyl sites for hydroxylation is 2. The highest BCUT2D eigenvalue weighted by Gasteiger charge is 2.20. The summed E-state index contributed by atoms with van der Waals surface area (Å²) < 4.78 is 4.84. The molecule has 9 aromatic carbocycles. The molecular weight excluding hydrogens is 777 g/mol. The maximum atomic E-state index is 5.37. The lowest BCUT2D eigenvalue weighted by atomic mass is 9.99. The molecule has 0 aliphatic rings. The van der Waals surface area contributed by atoms with Crippen molar-refractivity contribution in [2.24, 2.45) is 0 Å². The van der Waals surface area contributed by atoms with Crippen molar-refractivity contribution in [3.8, 4) is 67.5 Å². The topological polar surface area (TPSA) is 35.6 Å². The van der Waals surface area contributed by atoms with Crippen LogP contribution in [0.1, 0.15) is 11.1 Å². The first-order chi connectivity index (χ1) is 31.6. The fourth-order valence-electron chi connectivity index (χ4n) is 9.70.